The van der Waals surface area contributed by atoms with Gasteiger partial charge in [0.2, 0.25) is 0 Å². The molecule has 0 saturated heterocycles. The molecule has 4 heteroatoms. The first kappa shape index (κ1) is 16.4. The Balaban J connectivity index is 2.42. The van der Waals surface area contributed by atoms with Crippen molar-refractivity contribution in [1.82, 2.24) is 10.2 Å². The Morgan fingerprint density at radius 2 is 1.89 bits per heavy atom. The van der Waals surface area contributed by atoms with Gasteiger partial charge in [-0.2, -0.15) is 0 Å². The molecule has 4 nitrogen and oxygen atoms in total. The Kier molecular flexibility index (Phi) is 8.07. The molecule has 0 amide bonds. The van der Waals surface area contributed by atoms with Gasteiger partial charge in [0.05, 0.1) is 6.61 Å². The molecule has 112 valence electrons. The molecule has 1 aliphatic rings. The summed E-state index contributed by atoms with van der Waals surface area (Å²) in [5.41, 5.74) is 0. The molecule has 0 aromatic carbocycles. The third-order valence-corrected chi connectivity index (χ3v) is 4.10. The van der Waals surface area contributed by atoms with Gasteiger partial charge in [0.15, 0.2) is 0 Å². The predicted octanol–water partition coefficient (Wildman–Crippen LogP) is 2.04. The molecule has 0 bridgehead atoms. The zero-order chi connectivity index (χ0) is 14.1. The van der Waals surface area contributed by atoms with Crippen LogP contribution in [0.5, 0.6) is 0 Å². The number of nitrogens with one attached hydrogen (secondary N) is 1. The smallest absolute Gasteiger partial charge is 0.323 e. The van der Waals surface area contributed by atoms with E-state index in [0.717, 1.165) is 39.0 Å². The molecule has 1 aliphatic carbocycles. The van der Waals surface area contributed by atoms with E-state index < -0.39 is 0 Å². The Morgan fingerprint density at radius 3 is 2.42 bits per heavy atom. The van der Waals surface area contributed by atoms with E-state index in [-0.39, 0.29) is 12.0 Å². The summed E-state index contributed by atoms with van der Waals surface area (Å²) in [6.45, 7) is 10.7. The van der Waals surface area contributed by atoms with E-state index in [2.05, 4.69) is 24.1 Å². The highest BCUT2D eigenvalue weighted by Crippen LogP contribution is 2.28. The summed E-state index contributed by atoms with van der Waals surface area (Å²) < 4.78 is 5.21. The van der Waals surface area contributed by atoms with Gasteiger partial charge in [-0.25, -0.2) is 0 Å². The quantitative estimate of drug-likeness (QED) is 0.651. The second-order valence-electron chi connectivity index (χ2n) is 5.26. The monoisotopic (exact) mass is 270 g/mol. The molecule has 1 unspecified atom stereocenters. The molecule has 1 fully saturated rings. The molecule has 1 atom stereocenters. The van der Waals surface area contributed by atoms with Crippen molar-refractivity contribution in [2.24, 2.45) is 5.92 Å². The van der Waals surface area contributed by atoms with Gasteiger partial charge in [0.25, 0.3) is 0 Å². The van der Waals surface area contributed by atoms with Crippen molar-refractivity contribution >= 4 is 5.97 Å². The highest BCUT2D eigenvalue weighted by Gasteiger charge is 2.31. The molecule has 0 radical (unpaired) electrons. The van der Waals surface area contributed by atoms with Crippen LogP contribution in [0.15, 0.2) is 0 Å². The second kappa shape index (κ2) is 9.32. The Bertz CT molecular complexity index is 249. The lowest BCUT2D eigenvalue weighted by atomic mass is 9.98. The van der Waals surface area contributed by atoms with Crippen LogP contribution in [-0.2, 0) is 9.53 Å². The average Bonchev–Trinajstić information content (AvgIpc) is 2.93. The van der Waals surface area contributed by atoms with E-state index in [1.807, 2.05) is 6.92 Å². The van der Waals surface area contributed by atoms with Gasteiger partial charge in [-0.3, -0.25) is 4.79 Å². The Labute approximate surface area is 117 Å². The Morgan fingerprint density at radius 1 is 1.26 bits per heavy atom. The van der Waals surface area contributed by atoms with Crippen LogP contribution in [0.25, 0.3) is 0 Å². The minimum Gasteiger partial charge on any atom is -0.465 e. The van der Waals surface area contributed by atoms with Crippen molar-refractivity contribution < 1.29 is 9.53 Å². The molecule has 0 aromatic heterocycles. The van der Waals surface area contributed by atoms with E-state index in [4.69, 9.17) is 4.74 Å². The largest absolute Gasteiger partial charge is 0.465 e. The number of carbonyl (C=O) groups is 1. The number of rotatable bonds is 9. The fraction of sp³-hybridized carbons (Fsp3) is 0.933. The highest BCUT2D eigenvalue weighted by atomic mass is 16.5. The van der Waals surface area contributed by atoms with Gasteiger partial charge < -0.3 is 15.0 Å². The molecule has 1 rings (SSSR count). The van der Waals surface area contributed by atoms with Crippen LogP contribution in [0, 0.1) is 5.92 Å². The lowest BCUT2D eigenvalue weighted by Gasteiger charge is -2.25. The number of esters is 1. The molecule has 1 N–H and O–H groups in total. The van der Waals surface area contributed by atoms with Crippen LogP contribution in [-0.4, -0.2) is 49.7 Å². The number of carbonyl (C=O) groups excluding carboxylic acids is 1. The summed E-state index contributed by atoms with van der Waals surface area (Å²) in [4.78, 5) is 14.4. The molecule has 0 aromatic rings. The minimum atomic E-state index is -0.0991. The van der Waals surface area contributed by atoms with Crippen LogP contribution < -0.4 is 5.32 Å². The predicted molar refractivity (Wildman–Crippen MR) is 78.2 cm³/mol. The van der Waals surface area contributed by atoms with E-state index in [1.54, 1.807) is 0 Å². The van der Waals surface area contributed by atoms with Crippen LogP contribution in [0.1, 0.15) is 46.5 Å². The maximum Gasteiger partial charge on any atom is 0.323 e. The number of hydrogen-bond donors (Lipinski definition) is 1. The van der Waals surface area contributed by atoms with Crippen LogP contribution >= 0.6 is 0 Å². The lowest BCUT2D eigenvalue weighted by Crippen LogP contribution is -2.46. The molecule has 0 spiro atoms. The molecular formula is C15H30N2O2. The normalized spacial score (nSPS) is 17.9. The van der Waals surface area contributed by atoms with Gasteiger partial charge in [0, 0.05) is 13.1 Å². The van der Waals surface area contributed by atoms with E-state index >= 15 is 0 Å². The number of ether oxygens (including phenoxy) is 1. The maximum absolute atomic E-state index is 12.0. The summed E-state index contributed by atoms with van der Waals surface area (Å²) in [6.07, 6.45) is 4.81. The number of nitrogens with zero attached hydrogens (tertiary/aromatic N) is 1. The summed E-state index contributed by atoms with van der Waals surface area (Å²) in [7, 11) is 0. The first-order valence-corrected chi connectivity index (χ1v) is 7.85. The summed E-state index contributed by atoms with van der Waals surface area (Å²) in [5.74, 6) is 0.407. The van der Waals surface area contributed by atoms with Crippen molar-refractivity contribution in [2.75, 3.05) is 32.8 Å². The maximum atomic E-state index is 12.0. The van der Waals surface area contributed by atoms with E-state index in [9.17, 15) is 4.79 Å². The summed E-state index contributed by atoms with van der Waals surface area (Å²) in [5, 5.41) is 3.43. The van der Waals surface area contributed by atoms with Gasteiger partial charge in [-0.05, 0) is 38.8 Å². The van der Waals surface area contributed by atoms with Crippen molar-refractivity contribution in [3.05, 3.63) is 0 Å². The third-order valence-electron chi connectivity index (χ3n) is 4.10. The molecule has 19 heavy (non-hydrogen) atoms. The zero-order valence-corrected chi connectivity index (χ0v) is 12.8. The topological polar surface area (TPSA) is 41.6 Å². The fourth-order valence-electron chi connectivity index (χ4n) is 2.88. The average molecular weight is 270 g/mol. The number of likely N-dealkylation sites (N-methyl/N-ethyl adjacent to an activating group) is 1. The van der Waals surface area contributed by atoms with E-state index in [1.165, 1.54) is 12.8 Å². The summed E-state index contributed by atoms with van der Waals surface area (Å²) in [6, 6.07) is -0.0991. The van der Waals surface area contributed by atoms with Crippen LogP contribution in [0.3, 0.4) is 0 Å². The van der Waals surface area contributed by atoms with Gasteiger partial charge in [-0.1, -0.05) is 26.7 Å². The zero-order valence-electron chi connectivity index (χ0n) is 12.8. The Hall–Kier alpha value is -0.610. The highest BCUT2D eigenvalue weighted by molar-refractivity contribution is 5.76. The second-order valence-corrected chi connectivity index (χ2v) is 5.26. The third kappa shape index (κ3) is 5.49. The molecular weight excluding hydrogens is 240 g/mol. The van der Waals surface area contributed by atoms with Crippen LogP contribution in [0.4, 0.5) is 0 Å². The SMILES string of the molecule is CCOC(=O)C(NCCN(CC)CC)C1CCCC1. The van der Waals surface area contributed by atoms with Crippen molar-refractivity contribution in [3.63, 3.8) is 0 Å². The van der Waals surface area contributed by atoms with E-state index in [0.29, 0.717) is 12.5 Å². The van der Waals surface area contributed by atoms with Crippen LogP contribution in [0.2, 0.25) is 0 Å². The van der Waals surface area contributed by atoms with Crippen molar-refractivity contribution in [2.45, 2.75) is 52.5 Å². The van der Waals surface area contributed by atoms with Crippen molar-refractivity contribution in [3.8, 4) is 0 Å². The standard InChI is InChI=1S/C15H30N2O2/c1-4-17(5-2)12-11-16-14(15(18)19-6-3)13-9-7-8-10-13/h13-14,16H,4-12H2,1-3H3. The number of hydrogen-bond acceptors (Lipinski definition) is 4. The fourth-order valence-corrected chi connectivity index (χ4v) is 2.88. The molecule has 0 heterocycles. The summed E-state index contributed by atoms with van der Waals surface area (Å²) >= 11 is 0. The molecule has 1 saturated carbocycles. The van der Waals surface area contributed by atoms with Gasteiger partial charge in [0.1, 0.15) is 6.04 Å². The minimum absolute atomic E-state index is 0.0612. The van der Waals surface area contributed by atoms with Crippen molar-refractivity contribution in [1.29, 1.82) is 0 Å². The first-order valence-electron chi connectivity index (χ1n) is 7.85. The first-order chi connectivity index (χ1) is 9.22. The van der Waals surface area contributed by atoms with Gasteiger partial charge >= 0.3 is 5.97 Å². The van der Waals surface area contributed by atoms with Gasteiger partial charge in [-0.15, -0.1) is 0 Å². The lowest BCUT2D eigenvalue weighted by molar-refractivity contribution is -0.147. The molecule has 0 aliphatic heterocycles.